The van der Waals surface area contributed by atoms with Crippen LogP contribution in [0.5, 0.6) is 0 Å². The number of nitrogens with one attached hydrogen (secondary N) is 3. The van der Waals surface area contributed by atoms with Crippen LogP contribution >= 0.6 is 0 Å². The molecule has 0 aliphatic carbocycles. The summed E-state index contributed by atoms with van der Waals surface area (Å²) in [4.78, 5) is 51.2. The summed E-state index contributed by atoms with van der Waals surface area (Å²) in [5, 5.41) is 9.27. The highest BCUT2D eigenvalue weighted by atomic mass is 16.2. The minimum atomic E-state index is -0.962. The van der Waals surface area contributed by atoms with Crippen molar-refractivity contribution in [3.05, 3.63) is 70.8 Å². The number of rotatable bonds is 5. The largest absolute Gasteiger partial charge is 0.314 e. The van der Waals surface area contributed by atoms with Gasteiger partial charge in [0.05, 0.1) is 16.7 Å². The third kappa shape index (κ3) is 3.32. The quantitative estimate of drug-likeness (QED) is 0.610. The Kier molecular flexibility index (Phi) is 5.11. The molecule has 2 unspecified atom stereocenters. The molecule has 0 saturated carbocycles. The zero-order valence-corrected chi connectivity index (χ0v) is 17.5. The van der Waals surface area contributed by atoms with Gasteiger partial charge in [0.15, 0.2) is 0 Å². The van der Waals surface area contributed by atoms with Gasteiger partial charge in [0, 0.05) is 19.5 Å². The van der Waals surface area contributed by atoms with Crippen molar-refractivity contribution < 1.29 is 19.2 Å². The first-order chi connectivity index (χ1) is 15.5. The monoisotopic (exact) mass is 432 g/mol. The Hall–Kier alpha value is -3.36. The fraction of sp³-hybridized carbons (Fsp3) is 0.333. The molecule has 2 aromatic carbocycles. The van der Waals surface area contributed by atoms with Gasteiger partial charge in [-0.25, -0.2) is 0 Å². The van der Waals surface area contributed by atoms with E-state index in [-0.39, 0.29) is 24.3 Å². The van der Waals surface area contributed by atoms with Crippen LogP contribution in [0.1, 0.15) is 51.1 Å². The van der Waals surface area contributed by atoms with Gasteiger partial charge in [0.2, 0.25) is 11.8 Å². The predicted octanol–water partition coefficient (Wildman–Crippen LogP) is 1.07. The smallest absolute Gasteiger partial charge is 0.262 e. The highest BCUT2D eigenvalue weighted by Crippen LogP contribution is 2.32. The SMILES string of the molecule is O=C1CCC(N2C(=O)c3cccc(CNC4(c5ccccc5)CCNC4)c3C2=O)C(=O)N1. The first kappa shape index (κ1) is 20.5. The van der Waals surface area contributed by atoms with Crippen LogP contribution in [0.25, 0.3) is 0 Å². The predicted molar refractivity (Wildman–Crippen MR) is 116 cm³/mol. The van der Waals surface area contributed by atoms with E-state index in [1.807, 2.05) is 24.3 Å². The van der Waals surface area contributed by atoms with E-state index in [0.29, 0.717) is 17.7 Å². The van der Waals surface area contributed by atoms with Crippen molar-refractivity contribution in [2.75, 3.05) is 13.1 Å². The molecule has 3 aliphatic heterocycles. The molecular formula is C24H24N4O4. The molecule has 5 rings (SSSR count). The topological polar surface area (TPSA) is 108 Å². The Morgan fingerprint density at radius 1 is 1.00 bits per heavy atom. The zero-order valence-electron chi connectivity index (χ0n) is 17.5. The molecular weight excluding hydrogens is 408 g/mol. The van der Waals surface area contributed by atoms with Crippen molar-refractivity contribution >= 4 is 23.6 Å². The van der Waals surface area contributed by atoms with Crippen molar-refractivity contribution in [3.63, 3.8) is 0 Å². The van der Waals surface area contributed by atoms with Gasteiger partial charge in [-0.1, -0.05) is 42.5 Å². The average molecular weight is 432 g/mol. The van der Waals surface area contributed by atoms with E-state index in [1.54, 1.807) is 12.1 Å². The molecule has 0 bridgehead atoms. The molecule has 8 nitrogen and oxygen atoms in total. The summed E-state index contributed by atoms with van der Waals surface area (Å²) in [5.41, 5.74) is 2.27. The Labute approximate surface area is 185 Å². The number of nitrogens with zero attached hydrogens (tertiary/aromatic N) is 1. The summed E-state index contributed by atoms with van der Waals surface area (Å²) in [5.74, 6) is -1.95. The van der Waals surface area contributed by atoms with E-state index in [1.165, 1.54) is 5.56 Å². The fourth-order valence-corrected chi connectivity index (χ4v) is 4.95. The molecule has 0 radical (unpaired) electrons. The van der Waals surface area contributed by atoms with Crippen LogP contribution in [0.4, 0.5) is 0 Å². The van der Waals surface area contributed by atoms with E-state index >= 15 is 0 Å². The second kappa shape index (κ2) is 7.96. The fourth-order valence-electron chi connectivity index (χ4n) is 4.95. The van der Waals surface area contributed by atoms with Crippen molar-refractivity contribution in [2.45, 2.75) is 37.4 Å². The van der Waals surface area contributed by atoms with Gasteiger partial charge < -0.3 is 10.6 Å². The summed E-state index contributed by atoms with van der Waals surface area (Å²) >= 11 is 0. The van der Waals surface area contributed by atoms with Crippen molar-refractivity contribution in [1.82, 2.24) is 20.9 Å². The molecule has 2 aromatic rings. The molecule has 2 atom stereocenters. The van der Waals surface area contributed by atoms with Crippen LogP contribution in [0.2, 0.25) is 0 Å². The molecule has 0 aromatic heterocycles. The third-order valence-electron chi connectivity index (χ3n) is 6.65. The Bertz CT molecular complexity index is 1110. The number of hydrogen-bond acceptors (Lipinski definition) is 6. The lowest BCUT2D eigenvalue weighted by Gasteiger charge is -2.31. The van der Waals surface area contributed by atoms with E-state index in [4.69, 9.17) is 0 Å². The lowest BCUT2D eigenvalue weighted by atomic mass is 9.88. The molecule has 4 amide bonds. The third-order valence-corrected chi connectivity index (χ3v) is 6.65. The lowest BCUT2D eigenvalue weighted by molar-refractivity contribution is -0.136. The van der Waals surface area contributed by atoms with Crippen molar-refractivity contribution in [1.29, 1.82) is 0 Å². The van der Waals surface area contributed by atoms with Gasteiger partial charge in [-0.2, -0.15) is 0 Å². The molecule has 3 N–H and O–H groups in total. The van der Waals surface area contributed by atoms with E-state index in [0.717, 1.165) is 30.0 Å². The lowest BCUT2D eigenvalue weighted by Crippen LogP contribution is -2.54. The second-order valence-electron chi connectivity index (χ2n) is 8.52. The summed E-state index contributed by atoms with van der Waals surface area (Å²) in [7, 11) is 0. The highest BCUT2D eigenvalue weighted by molar-refractivity contribution is 6.24. The normalized spacial score (nSPS) is 25.2. The standard InChI is InChI=1S/C24H24N4O4/c29-19-10-9-18(21(30)27-19)28-22(31)17-8-4-5-15(20(17)23(28)32)13-26-24(11-12-25-14-24)16-6-2-1-3-7-16/h1-8,18,25-26H,9-14H2,(H,27,29,30). The Balaban J connectivity index is 1.42. The first-order valence-corrected chi connectivity index (χ1v) is 10.8. The Morgan fingerprint density at radius 2 is 1.81 bits per heavy atom. The Morgan fingerprint density at radius 3 is 2.53 bits per heavy atom. The number of carbonyl (C=O) groups excluding carboxylic acids is 4. The van der Waals surface area contributed by atoms with E-state index in [2.05, 4.69) is 28.1 Å². The van der Waals surface area contributed by atoms with Crippen molar-refractivity contribution in [3.8, 4) is 0 Å². The zero-order chi connectivity index (χ0) is 22.3. The summed E-state index contributed by atoms with van der Waals surface area (Å²) in [6.45, 7) is 2.05. The number of imide groups is 2. The molecule has 32 heavy (non-hydrogen) atoms. The van der Waals surface area contributed by atoms with Gasteiger partial charge in [-0.3, -0.25) is 29.4 Å². The maximum absolute atomic E-state index is 13.3. The van der Waals surface area contributed by atoms with Gasteiger partial charge in [-0.15, -0.1) is 0 Å². The molecule has 164 valence electrons. The minimum Gasteiger partial charge on any atom is -0.314 e. The van der Waals surface area contributed by atoms with Crippen LogP contribution in [0.3, 0.4) is 0 Å². The van der Waals surface area contributed by atoms with Gasteiger partial charge >= 0.3 is 0 Å². The number of hydrogen-bond donors (Lipinski definition) is 3. The van der Waals surface area contributed by atoms with Crippen molar-refractivity contribution in [2.24, 2.45) is 0 Å². The highest BCUT2D eigenvalue weighted by Gasteiger charge is 2.45. The molecule has 3 heterocycles. The molecule has 2 saturated heterocycles. The average Bonchev–Trinajstić information content (AvgIpc) is 3.38. The van der Waals surface area contributed by atoms with Gasteiger partial charge in [-0.05, 0) is 36.6 Å². The summed E-state index contributed by atoms with van der Waals surface area (Å²) in [6.07, 6.45) is 1.15. The first-order valence-electron chi connectivity index (χ1n) is 10.8. The van der Waals surface area contributed by atoms with E-state index < -0.39 is 23.8 Å². The number of benzene rings is 2. The van der Waals surface area contributed by atoms with E-state index in [9.17, 15) is 19.2 Å². The molecule has 0 spiro atoms. The maximum Gasteiger partial charge on any atom is 0.262 e. The summed E-state index contributed by atoms with van der Waals surface area (Å²) in [6, 6.07) is 14.4. The van der Waals surface area contributed by atoms with Crippen LogP contribution in [-0.2, 0) is 21.7 Å². The number of fused-ring (bicyclic) bond motifs is 1. The van der Waals surface area contributed by atoms with Crippen LogP contribution in [-0.4, -0.2) is 47.7 Å². The maximum atomic E-state index is 13.3. The molecule has 3 aliphatic rings. The number of amides is 4. The molecule has 8 heteroatoms. The number of piperidine rings is 1. The van der Waals surface area contributed by atoms with Gasteiger partial charge in [0.25, 0.3) is 11.8 Å². The van der Waals surface area contributed by atoms with Crippen LogP contribution in [0.15, 0.2) is 48.5 Å². The van der Waals surface area contributed by atoms with Crippen LogP contribution < -0.4 is 16.0 Å². The second-order valence-corrected chi connectivity index (χ2v) is 8.52. The minimum absolute atomic E-state index is 0.102. The summed E-state index contributed by atoms with van der Waals surface area (Å²) < 4.78 is 0. The number of carbonyl (C=O) groups is 4. The van der Waals surface area contributed by atoms with Gasteiger partial charge in [0.1, 0.15) is 6.04 Å². The molecule has 2 fully saturated rings. The van der Waals surface area contributed by atoms with Crippen LogP contribution in [0, 0.1) is 0 Å².